The van der Waals surface area contributed by atoms with Crippen molar-refractivity contribution in [3.63, 3.8) is 0 Å². The van der Waals surface area contributed by atoms with Crippen LogP contribution in [-0.2, 0) is 20.2 Å². The number of phosphoric ester groups is 1. The Morgan fingerprint density at radius 3 is 2.78 bits per heavy atom. The highest BCUT2D eigenvalue weighted by molar-refractivity contribution is 7.47. The average Bonchev–Trinajstić information content (AvgIpc) is 2.60. The number of phosphoric acid groups is 1. The Kier molecular flexibility index (Phi) is 6.44. The normalized spacial score (nSPS) is 13.7. The van der Waals surface area contributed by atoms with Crippen molar-refractivity contribution >= 4 is 26.0 Å². The van der Waals surface area contributed by atoms with Crippen molar-refractivity contribution in [3.05, 3.63) is 22.1 Å². The van der Waals surface area contributed by atoms with Crippen molar-refractivity contribution in [2.45, 2.75) is 13.5 Å². The first-order valence-electron chi connectivity index (χ1n) is 4.57. The van der Waals surface area contributed by atoms with Gasteiger partial charge >= 0.3 is 13.6 Å². The molecule has 0 saturated heterocycles. The van der Waals surface area contributed by atoms with Gasteiger partial charge in [0.2, 0.25) is 0 Å². The molecule has 0 aliphatic carbocycles. The maximum Gasteiger partial charge on any atom is 0.472 e. The van der Waals surface area contributed by atoms with Crippen molar-refractivity contribution in [2.24, 2.45) is 0 Å². The van der Waals surface area contributed by atoms with Gasteiger partial charge in [0.1, 0.15) is 12.7 Å². The van der Waals surface area contributed by atoms with E-state index in [1.807, 2.05) is 0 Å². The fourth-order valence-electron chi connectivity index (χ4n) is 1.18. The number of hydrogen-bond acceptors (Lipinski definition) is 6. The number of aryl methyl sites for hydroxylation is 1. The maximum absolute atomic E-state index is 11.0. The summed E-state index contributed by atoms with van der Waals surface area (Å²) in [7, 11) is -3.02. The second kappa shape index (κ2) is 6.81. The Balaban J connectivity index is 0.00000289. The van der Waals surface area contributed by atoms with E-state index < -0.39 is 12.7 Å². The molecule has 0 amide bonds. The molecule has 0 saturated carbocycles. The van der Waals surface area contributed by atoms with Crippen LogP contribution in [0.1, 0.15) is 5.82 Å². The number of nitrogens with zero attached hydrogens (tertiary/aromatic N) is 3. The number of nitro groups is 1. The van der Waals surface area contributed by atoms with Crippen LogP contribution in [0.15, 0.2) is 6.20 Å². The van der Waals surface area contributed by atoms with Crippen LogP contribution >= 0.6 is 20.2 Å². The molecule has 11 heteroatoms. The first-order chi connectivity index (χ1) is 7.87. The molecular formula is C7H13ClN3O6P. The van der Waals surface area contributed by atoms with Crippen LogP contribution in [0.25, 0.3) is 0 Å². The summed E-state index contributed by atoms with van der Waals surface area (Å²) in [5, 5.41) is 10.6. The lowest BCUT2D eigenvalue weighted by Crippen LogP contribution is -2.09. The van der Waals surface area contributed by atoms with Gasteiger partial charge in [0.25, 0.3) is 0 Å². The van der Waals surface area contributed by atoms with E-state index >= 15 is 0 Å². The summed E-state index contributed by atoms with van der Waals surface area (Å²) in [5.41, 5.74) is 0. The molecule has 1 rings (SSSR count). The molecule has 1 heterocycles. The summed E-state index contributed by atoms with van der Waals surface area (Å²) in [5.74, 6) is 0.224. The van der Waals surface area contributed by atoms with Gasteiger partial charge in [0.05, 0.1) is 6.61 Å². The molecule has 0 fully saturated rings. The summed E-state index contributed by atoms with van der Waals surface area (Å²) in [6.07, 6.45) is 1.12. The minimum Gasteiger partial charge on any atom is -0.358 e. The van der Waals surface area contributed by atoms with Crippen LogP contribution in [-0.4, -0.2) is 33.1 Å². The molecule has 1 aromatic rings. The summed E-state index contributed by atoms with van der Waals surface area (Å²) in [4.78, 5) is 22.8. The molecule has 1 aromatic heterocycles. The van der Waals surface area contributed by atoms with Crippen LogP contribution in [0.3, 0.4) is 0 Å². The van der Waals surface area contributed by atoms with E-state index in [9.17, 15) is 14.7 Å². The van der Waals surface area contributed by atoms with E-state index in [0.29, 0.717) is 5.82 Å². The number of imidazole rings is 1. The van der Waals surface area contributed by atoms with Gasteiger partial charge in [-0.1, -0.05) is 0 Å². The molecule has 1 atom stereocenters. The zero-order chi connectivity index (χ0) is 13.1. The average molecular weight is 302 g/mol. The van der Waals surface area contributed by atoms with E-state index in [1.54, 1.807) is 6.92 Å². The van der Waals surface area contributed by atoms with Crippen molar-refractivity contribution in [1.82, 2.24) is 9.55 Å². The molecule has 0 aromatic carbocycles. The second-order valence-electron chi connectivity index (χ2n) is 3.06. The standard InChI is InChI=1S/C7H12N3O6P.ClH/c1-6-8-5-7(10(11)12)9(6)3-4-16-17(13,14)15-2;/h5H,3-4H2,1-2H3,(H,13,14);1H. The molecule has 1 unspecified atom stereocenters. The van der Waals surface area contributed by atoms with E-state index in [4.69, 9.17) is 4.89 Å². The quantitative estimate of drug-likeness (QED) is 0.478. The van der Waals surface area contributed by atoms with Crippen LogP contribution in [0.5, 0.6) is 0 Å². The lowest BCUT2D eigenvalue weighted by Gasteiger charge is -2.08. The predicted octanol–water partition coefficient (Wildman–Crippen LogP) is 1.28. The number of aromatic nitrogens is 2. The van der Waals surface area contributed by atoms with E-state index in [-0.39, 0.29) is 31.4 Å². The second-order valence-corrected chi connectivity index (χ2v) is 4.62. The zero-order valence-corrected chi connectivity index (χ0v) is 11.4. The Morgan fingerprint density at radius 1 is 1.67 bits per heavy atom. The molecule has 0 radical (unpaired) electrons. The highest BCUT2D eigenvalue weighted by Crippen LogP contribution is 2.41. The van der Waals surface area contributed by atoms with Gasteiger partial charge in [-0.15, -0.1) is 12.4 Å². The monoisotopic (exact) mass is 301 g/mol. The molecule has 18 heavy (non-hydrogen) atoms. The third-order valence-corrected chi connectivity index (χ3v) is 2.99. The third kappa shape index (κ3) is 4.35. The van der Waals surface area contributed by atoms with Crippen LogP contribution in [0, 0.1) is 17.0 Å². The molecule has 104 valence electrons. The fourth-order valence-corrected chi connectivity index (χ4v) is 1.60. The summed E-state index contributed by atoms with van der Waals surface area (Å²) >= 11 is 0. The lowest BCUT2D eigenvalue weighted by molar-refractivity contribution is -0.392. The van der Waals surface area contributed by atoms with Gasteiger partial charge in [0, 0.05) is 14.0 Å². The highest BCUT2D eigenvalue weighted by atomic mass is 35.5. The topological polar surface area (TPSA) is 117 Å². The van der Waals surface area contributed by atoms with Crippen molar-refractivity contribution < 1.29 is 23.4 Å². The largest absolute Gasteiger partial charge is 0.472 e. The molecular weight excluding hydrogens is 289 g/mol. The fraction of sp³-hybridized carbons (Fsp3) is 0.571. The SMILES string of the molecule is COP(=O)(O)OCCn1c([N+](=O)[O-])cnc1C.Cl. The van der Waals surface area contributed by atoms with Gasteiger partial charge in [-0.3, -0.25) is 9.05 Å². The van der Waals surface area contributed by atoms with Crippen LogP contribution in [0.2, 0.25) is 0 Å². The number of rotatable bonds is 6. The third-order valence-electron chi connectivity index (χ3n) is 2.02. The molecule has 0 spiro atoms. The number of hydrogen-bond donors (Lipinski definition) is 1. The Labute approximate surface area is 109 Å². The van der Waals surface area contributed by atoms with Crippen molar-refractivity contribution in [2.75, 3.05) is 13.7 Å². The molecule has 0 aliphatic rings. The van der Waals surface area contributed by atoms with Gasteiger partial charge in [-0.25, -0.2) is 14.1 Å². The van der Waals surface area contributed by atoms with E-state index in [2.05, 4.69) is 14.0 Å². The Morgan fingerprint density at radius 2 is 2.28 bits per heavy atom. The van der Waals surface area contributed by atoms with Crippen molar-refractivity contribution in [1.29, 1.82) is 0 Å². The summed E-state index contributed by atoms with van der Waals surface area (Å²) in [6.45, 7) is 1.43. The van der Waals surface area contributed by atoms with Crippen molar-refractivity contribution in [3.8, 4) is 0 Å². The zero-order valence-electron chi connectivity index (χ0n) is 9.68. The smallest absolute Gasteiger partial charge is 0.358 e. The van der Waals surface area contributed by atoms with Gasteiger partial charge in [-0.05, 0) is 4.92 Å². The van der Waals surface area contributed by atoms with Crippen LogP contribution < -0.4 is 0 Å². The Bertz CT molecular complexity index is 464. The number of halogens is 1. The van der Waals surface area contributed by atoms with Gasteiger partial charge in [-0.2, -0.15) is 0 Å². The minimum atomic E-state index is -4.05. The van der Waals surface area contributed by atoms with Gasteiger partial charge in [0.15, 0.2) is 5.82 Å². The molecule has 9 nitrogen and oxygen atoms in total. The predicted molar refractivity (Wildman–Crippen MR) is 63.7 cm³/mol. The first-order valence-corrected chi connectivity index (χ1v) is 6.06. The van der Waals surface area contributed by atoms with E-state index in [1.165, 1.54) is 4.57 Å². The maximum atomic E-state index is 11.0. The molecule has 0 bridgehead atoms. The van der Waals surface area contributed by atoms with E-state index in [0.717, 1.165) is 13.3 Å². The first kappa shape index (κ1) is 17.0. The Hall–Kier alpha value is -0.990. The lowest BCUT2D eigenvalue weighted by atomic mass is 10.6. The minimum absolute atomic E-state index is 0. The molecule has 1 N–H and O–H groups in total. The summed E-state index contributed by atoms with van der Waals surface area (Å²) in [6, 6.07) is 0. The highest BCUT2D eigenvalue weighted by Gasteiger charge is 2.21. The van der Waals surface area contributed by atoms with Crippen LogP contribution in [0.4, 0.5) is 5.82 Å². The van der Waals surface area contributed by atoms with Gasteiger partial charge < -0.3 is 15.0 Å². The summed E-state index contributed by atoms with van der Waals surface area (Å²) < 4.78 is 21.0. The molecule has 0 aliphatic heterocycles.